The molecule has 0 aromatic heterocycles. The van der Waals surface area contributed by atoms with E-state index >= 15 is 0 Å². The third kappa shape index (κ3) is 2.96. The SMILES string of the molecule is CCN(C(=O)O)[C@@H]1CNC[C@H]1c1ccc(Cl)c(Cl)c1. The predicted molar refractivity (Wildman–Crippen MR) is 76.3 cm³/mol. The maximum atomic E-state index is 11.3. The van der Waals surface area contributed by atoms with Crippen molar-refractivity contribution < 1.29 is 9.90 Å². The van der Waals surface area contributed by atoms with E-state index in [0.717, 1.165) is 12.1 Å². The minimum atomic E-state index is -0.888. The maximum absolute atomic E-state index is 11.3. The first-order valence-electron chi connectivity index (χ1n) is 6.19. The van der Waals surface area contributed by atoms with Crippen LogP contribution in [-0.2, 0) is 0 Å². The lowest BCUT2D eigenvalue weighted by molar-refractivity contribution is 0.127. The maximum Gasteiger partial charge on any atom is 0.407 e. The number of likely N-dealkylation sites (N-methyl/N-ethyl adjacent to an activating group) is 1. The Morgan fingerprint density at radius 1 is 1.42 bits per heavy atom. The van der Waals surface area contributed by atoms with Crippen LogP contribution in [0.1, 0.15) is 18.4 Å². The van der Waals surface area contributed by atoms with Gasteiger partial charge in [0.2, 0.25) is 0 Å². The van der Waals surface area contributed by atoms with Crippen molar-refractivity contribution in [1.82, 2.24) is 10.2 Å². The number of rotatable bonds is 3. The van der Waals surface area contributed by atoms with Crippen LogP contribution in [0.2, 0.25) is 10.0 Å². The number of carbonyl (C=O) groups is 1. The molecule has 6 heteroatoms. The molecular formula is C13H16Cl2N2O2. The highest BCUT2D eigenvalue weighted by Crippen LogP contribution is 2.31. The Morgan fingerprint density at radius 2 is 2.16 bits per heavy atom. The molecule has 0 aliphatic carbocycles. The molecule has 1 heterocycles. The molecule has 1 aromatic rings. The molecule has 19 heavy (non-hydrogen) atoms. The van der Waals surface area contributed by atoms with Crippen molar-refractivity contribution in [2.45, 2.75) is 18.9 Å². The molecular weight excluding hydrogens is 287 g/mol. The molecule has 1 amide bonds. The van der Waals surface area contributed by atoms with Crippen molar-refractivity contribution in [3.8, 4) is 0 Å². The lowest BCUT2D eigenvalue weighted by Gasteiger charge is -2.29. The quantitative estimate of drug-likeness (QED) is 0.902. The standard InChI is InChI=1S/C13H16Cl2N2O2/c1-2-17(13(18)19)12-7-16-6-9(12)8-3-4-10(14)11(15)5-8/h3-5,9,12,16H,2,6-7H2,1H3,(H,18,19)/t9-,12+/m0/s1. The molecule has 0 unspecified atom stereocenters. The van der Waals surface area contributed by atoms with Crippen LogP contribution in [0.3, 0.4) is 0 Å². The van der Waals surface area contributed by atoms with Crippen LogP contribution in [0.4, 0.5) is 4.79 Å². The van der Waals surface area contributed by atoms with E-state index in [0.29, 0.717) is 23.1 Å². The number of halogens is 2. The van der Waals surface area contributed by atoms with Gasteiger partial charge in [-0.05, 0) is 24.6 Å². The summed E-state index contributed by atoms with van der Waals surface area (Å²) in [6.45, 7) is 3.72. The second kappa shape index (κ2) is 5.99. The van der Waals surface area contributed by atoms with Crippen LogP contribution in [0.15, 0.2) is 18.2 Å². The highest BCUT2D eigenvalue weighted by molar-refractivity contribution is 6.42. The first-order valence-corrected chi connectivity index (χ1v) is 6.95. The lowest BCUT2D eigenvalue weighted by Crippen LogP contribution is -2.43. The van der Waals surface area contributed by atoms with Gasteiger partial charge in [-0.15, -0.1) is 0 Å². The Bertz CT molecular complexity index is 482. The second-order valence-corrected chi connectivity index (χ2v) is 5.39. The number of hydrogen-bond acceptors (Lipinski definition) is 2. The van der Waals surface area contributed by atoms with Crippen molar-refractivity contribution in [3.05, 3.63) is 33.8 Å². The van der Waals surface area contributed by atoms with E-state index in [-0.39, 0.29) is 12.0 Å². The van der Waals surface area contributed by atoms with E-state index in [4.69, 9.17) is 23.2 Å². The molecule has 0 spiro atoms. The van der Waals surface area contributed by atoms with E-state index in [9.17, 15) is 9.90 Å². The van der Waals surface area contributed by atoms with Crippen LogP contribution in [0.5, 0.6) is 0 Å². The molecule has 0 saturated carbocycles. The first kappa shape index (κ1) is 14.4. The predicted octanol–water partition coefficient (Wildman–Crippen LogP) is 3.05. The average Bonchev–Trinajstić information content (AvgIpc) is 2.82. The first-order chi connectivity index (χ1) is 9.04. The van der Waals surface area contributed by atoms with Crippen molar-refractivity contribution >= 4 is 29.3 Å². The third-order valence-corrected chi connectivity index (χ3v) is 4.28. The summed E-state index contributed by atoms with van der Waals surface area (Å²) >= 11 is 11.9. The van der Waals surface area contributed by atoms with Crippen LogP contribution < -0.4 is 5.32 Å². The van der Waals surface area contributed by atoms with E-state index in [1.807, 2.05) is 19.1 Å². The Balaban J connectivity index is 2.27. The molecule has 1 saturated heterocycles. The molecule has 2 atom stereocenters. The van der Waals surface area contributed by atoms with Crippen molar-refractivity contribution in [2.24, 2.45) is 0 Å². The molecule has 104 valence electrons. The summed E-state index contributed by atoms with van der Waals surface area (Å²) in [5.74, 6) is 0.103. The van der Waals surface area contributed by atoms with E-state index in [1.54, 1.807) is 6.07 Å². The van der Waals surface area contributed by atoms with Gasteiger partial charge in [-0.25, -0.2) is 4.79 Å². The lowest BCUT2D eigenvalue weighted by atomic mass is 9.93. The number of nitrogens with one attached hydrogen (secondary N) is 1. The number of hydrogen-bond donors (Lipinski definition) is 2. The largest absolute Gasteiger partial charge is 0.465 e. The fourth-order valence-electron chi connectivity index (χ4n) is 2.59. The van der Waals surface area contributed by atoms with Gasteiger partial charge in [-0.2, -0.15) is 0 Å². The Kier molecular flexibility index (Phi) is 4.55. The molecule has 4 nitrogen and oxygen atoms in total. The molecule has 2 N–H and O–H groups in total. The van der Waals surface area contributed by atoms with E-state index in [2.05, 4.69) is 5.32 Å². The van der Waals surface area contributed by atoms with Gasteiger partial charge in [-0.3, -0.25) is 0 Å². The topological polar surface area (TPSA) is 52.6 Å². The summed E-state index contributed by atoms with van der Waals surface area (Å²) in [5.41, 5.74) is 1.02. The zero-order valence-electron chi connectivity index (χ0n) is 10.6. The van der Waals surface area contributed by atoms with Crippen LogP contribution in [-0.4, -0.2) is 41.8 Å². The monoisotopic (exact) mass is 302 g/mol. The number of carboxylic acid groups (broad SMARTS) is 1. The molecule has 0 bridgehead atoms. The highest BCUT2D eigenvalue weighted by Gasteiger charge is 2.35. The van der Waals surface area contributed by atoms with Gasteiger partial charge < -0.3 is 15.3 Å². The average molecular weight is 303 g/mol. The summed E-state index contributed by atoms with van der Waals surface area (Å²) in [7, 11) is 0. The van der Waals surface area contributed by atoms with Gasteiger partial charge in [-0.1, -0.05) is 29.3 Å². The molecule has 0 radical (unpaired) electrons. The van der Waals surface area contributed by atoms with Crippen molar-refractivity contribution in [1.29, 1.82) is 0 Å². The molecule has 1 fully saturated rings. The summed E-state index contributed by atoms with van der Waals surface area (Å²) < 4.78 is 0. The van der Waals surface area contributed by atoms with Crippen LogP contribution in [0, 0.1) is 0 Å². The molecule has 1 aliphatic rings. The summed E-state index contributed by atoms with van der Waals surface area (Å²) in [5, 5.41) is 13.5. The molecule has 2 rings (SSSR count). The number of nitrogens with zero attached hydrogens (tertiary/aromatic N) is 1. The minimum absolute atomic E-state index is 0.0697. The number of amides is 1. The van der Waals surface area contributed by atoms with Crippen molar-refractivity contribution in [3.63, 3.8) is 0 Å². The van der Waals surface area contributed by atoms with Gasteiger partial charge >= 0.3 is 6.09 Å². The fraction of sp³-hybridized carbons (Fsp3) is 0.462. The zero-order valence-corrected chi connectivity index (χ0v) is 12.1. The van der Waals surface area contributed by atoms with Crippen LogP contribution in [0.25, 0.3) is 0 Å². The van der Waals surface area contributed by atoms with Gasteiger partial charge in [0.15, 0.2) is 0 Å². The zero-order chi connectivity index (χ0) is 14.0. The summed E-state index contributed by atoms with van der Waals surface area (Å²) in [4.78, 5) is 12.7. The Labute approximate surface area is 122 Å². The molecule has 1 aliphatic heterocycles. The fourth-order valence-corrected chi connectivity index (χ4v) is 2.89. The number of benzene rings is 1. The van der Waals surface area contributed by atoms with E-state index < -0.39 is 6.09 Å². The third-order valence-electron chi connectivity index (χ3n) is 3.54. The van der Waals surface area contributed by atoms with Gasteiger partial charge in [0, 0.05) is 25.6 Å². The van der Waals surface area contributed by atoms with Gasteiger partial charge in [0.1, 0.15) is 0 Å². The molecule has 1 aromatic carbocycles. The van der Waals surface area contributed by atoms with Crippen LogP contribution >= 0.6 is 23.2 Å². The highest BCUT2D eigenvalue weighted by atomic mass is 35.5. The summed E-state index contributed by atoms with van der Waals surface area (Å²) in [6, 6.07) is 5.42. The smallest absolute Gasteiger partial charge is 0.407 e. The minimum Gasteiger partial charge on any atom is -0.465 e. The van der Waals surface area contributed by atoms with Crippen molar-refractivity contribution in [2.75, 3.05) is 19.6 Å². The Hall–Kier alpha value is -0.970. The normalized spacial score (nSPS) is 22.5. The van der Waals surface area contributed by atoms with Gasteiger partial charge in [0.05, 0.1) is 16.1 Å². The summed E-state index contributed by atoms with van der Waals surface area (Å²) in [6.07, 6.45) is -0.888. The Morgan fingerprint density at radius 3 is 2.74 bits per heavy atom. The van der Waals surface area contributed by atoms with Gasteiger partial charge in [0.25, 0.3) is 0 Å². The second-order valence-electron chi connectivity index (χ2n) is 4.57. The van der Waals surface area contributed by atoms with E-state index in [1.165, 1.54) is 4.90 Å².